The highest BCUT2D eigenvalue weighted by molar-refractivity contribution is 7.18. The van der Waals surface area contributed by atoms with Crippen molar-refractivity contribution in [3.63, 3.8) is 0 Å². The molecule has 5 rings (SSSR count). The van der Waals surface area contributed by atoms with Crippen LogP contribution in [0.5, 0.6) is 23.0 Å². The van der Waals surface area contributed by atoms with E-state index in [-0.39, 0.29) is 22.6 Å². The van der Waals surface area contributed by atoms with Gasteiger partial charge in [-0.1, -0.05) is 38.1 Å². The number of methoxy groups -OCH3 is 4. The van der Waals surface area contributed by atoms with Gasteiger partial charge in [0.1, 0.15) is 12.7 Å². The number of thiazole rings is 1. The topological polar surface area (TPSA) is 184 Å². The van der Waals surface area contributed by atoms with Crippen LogP contribution in [-0.4, -0.2) is 73.9 Å². The summed E-state index contributed by atoms with van der Waals surface area (Å²) >= 11 is 0.737. The molecule has 2 heterocycles. The van der Waals surface area contributed by atoms with Gasteiger partial charge in [0, 0.05) is 6.54 Å². The highest BCUT2D eigenvalue weighted by atomic mass is 32.1. The van der Waals surface area contributed by atoms with E-state index >= 15 is 0 Å². The van der Waals surface area contributed by atoms with Gasteiger partial charge in [0.05, 0.1) is 50.4 Å². The minimum atomic E-state index is -0.651. The minimum Gasteiger partial charge on any atom is -0.493 e. The number of aromatic nitrogens is 2. The van der Waals surface area contributed by atoms with Crippen molar-refractivity contribution in [2.45, 2.75) is 45.1 Å². The molecule has 5 aromatic rings. The van der Waals surface area contributed by atoms with Gasteiger partial charge in [-0.05, 0) is 97.6 Å². The number of fused-ring (bicyclic) bond motifs is 1. The first-order valence-corrected chi connectivity index (χ1v) is 18.2. The van der Waals surface area contributed by atoms with Crippen molar-refractivity contribution >= 4 is 38.5 Å². The average molecular weight is 775 g/mol. The number of nitro groups is 1. The van der Waals surface area contributed by atoms with Crippen LogP contribution in [0, 0.1) is 27.4 Å². The lowest BCUT2D eigenvalue weighted by molar-refractivity contribution is -0.380. The summed E-state index contributed by atoms with van der Waals surface area (Å²) in [5.74, 6) is 1.81. The standard InChI is InChI=1S/C27H38N2O4.C12H8N4O5S/c1-20(2)27(19-28,22-10-12-24(31-5)26(18-22)33-7)14-8-15-29(3)16-13-21-9-11-23(30-4)25(17-21)32-6;17-9(14-11-13-5-10(22-11)16(19)20)6-15-7-3-1-2-4-8(7)21-12(15)18/h9-12,17-18,20H,8,13-16H2,1-7H3;1-5H,6H2,(H,13,14,17). The van der Waals surface area contributed by atoms with Crippen LogP contribution >= 0.6 is 11.3 Å². The molecule has 1 amide bonds. The Morgan fingerprint density at radius 2 is 1.67 bits per heavy atom. The fourth-order valence-corrected chi connectivity index (χ4v) is 6.75. The van der Waals surface area contributed by atoms with Crippen LogP contribution in [0.1, 0.15) is 37.8 Å². The molecule has 16 heteroatoms. The Morgan fingerprint density at radius 1 is 1.02 bits per heavy atom. The van der Waals surface area contributed by atoms with Gasteiger partial charge in [0.25, 0.3) is 0 Å². The van der Waals surface area contributed by atoms with Crippen molar-refractivity contribution in [3.8, 4) is 29.1 Å². The molecule has 0 aliphatic heterocycles. The van der Waals surface area contributed by atoms with E-state index < -0.39 is 22.0 Å². The van der Waals surface area contributed by atoms with E-state index in [0.717, 1.165) is 66.9 Å². The molecular weight excluding hydrogens is 729 g/mol. The zero-order chi connectivity index (χ0) is 40.1. The van der Waals surface area contributed by atoms with Crippen LogP contribution in [0.3, 0.4) is 0 Å². The summed E-state index contributed by atoms with van der Waals surface area (Å²) in [4.78, 5) is 39.7. The summed E-state index contributed by atoms with van der Waals surface area (Å²) in [6.45, 7) is 5.79. The smallest absolute Gasteiger partial charge is 0.420 e. The normalized spacial score (nSPS) is 12.0. The lowest BCUT2D eigenvalue weighted by Crippen LogP contribution is -2.32. The number of anilines is 1. The number of carbonyl (C=O) groups excluding carboxylic acids is 1. The number of amides is 1. The van der Waals surface area contributed by atoms with Crippen molar-refractivity contribution in [1.29, 1.82) is 5.26 Å². The van der Waals surface area contributed by atoms with Crippen LogP contribution in [0.2, 0.25) is 0 Å². The molecule has 0 saturated carbocycles. The Balaban J connectivity index is 0.000000264. The highest BCUT2D eigenvalue weighted by Crippen LogP contribution is 2.40. The van der Waals surface area contributed by atoms with Crippen molar-refractivity contribution in [1.82, 2.24) is 14.5 Å². The van der Waals surface area contributed by atoms with Gasteiger partial charge in [-0.3, -0.25) is 19.5 Å². The van der Waals surface area contributed by atoms with E-state index in [2.05, 4.69) is 48.2 Å². The Labute approximate surface area is 323 Å². The fraction of sp³-hybridized carbons (Fsp3) is 0.385. The molecule has 2 aromatic heterocycles. The summed E-state index contributed by atoms with van der Waals surface area (Å²) in [6.07, 6.45) is 3.67. The van der Waals surface area contributed by atoms with Gasteiger partial charge in [0.2, 0.25) is 5.91 Å². The maximum absolute atomic E-state index is 11.9. The third kappa shape index (κ3) is 10.4. The zero-order valence-electron chi connectivity index (χ0n) is 32.0. The number of likely N-dealkylation sites (N-methyl/N-ethyl adjacent to an activating group) is 1. The summed E-state index contributed by atoms with van der Waals surface area (Å²) in [7, 11) is 8.67. The number of rotatable bonds is 17. The Kier molecular flexibility index (Phi) is 14.8. The average Bonchev–Trinajstić information content (AvgIpc) is 3.79. The predicted molar refractivity (Wildman–Crippen MR) is 210 cm³/mol. The molecule has 3 aromatic carbocycles. The number of benzene rings is 3. The number of nitrogens with zero attached hydrogens (tertiary/aromatic N) is 5. The number of nitriles is 1. The Bertz CT molecular complexity index is 2170. The number of nitrogens with one attached hydrogen (secondary N) is 1. The van der Waals surface area contributed by atoms with Crippen molar-refractivity contribution in [2.24, 2.45) is 5.92 Å². The second kappa shape index (κ2) is 19.4. The first kappa shape index (κ1) is 41.8. The predicted octanol–water partition coefficient (Wildman–Crippen LogP) is 6.69. The number of hydrogen-bond donors (Lipinski definition) is 1. The van der Waals surface area contributed by atoms with E-state index in [4.69, 9.17) is 23.4 Å². The lowest BCUT2D eigenvalue weighted by atomic mass is 9.69. The molecule has 55 heavy (non-hydrogen) atoms. The summed E-state index contributed by atoms with van der Waals surface area (Å²) in [5.41, 5.74) is 2.48. The molecule has 0 spiro atoms. The van der Waals surface area contributed by atoms with Crippen LogP contribution in [0.4, 0.5) is 10.1 Å². The molecule has 1 unspecified atom stereocenters. The van der Waals surface area contributed by atoms with Crippen LogP contribution in [-0.2, 0) is 23.2 Å². The van der Waals surface area contributed by atoms with Crippen LogP contribution in [0.15, 0.2) is 76.1 Å². The van der Waals surface area contributed by atoms with Gasteiger partial charge in [-0.25, -0.2) is 9.78 Å². The molecule has 15 nitrogen and oxygen atoms in total. The van der Waals surface area contributed by atoms with E-state index in [1.165, 1.54) is 10.1 Å². The molecule has 0 saturated heterocycles. The zero-order valence-corrected chi connectivity index (χ0v) is 32.8. The molecule has 0 bridgehead atoms. The van der Waals surface area contributed by atoms with Crippen molar-refractivity contribution in [2.75, 3.05) is 53.9 Å². The molecule has 0 fully saturated rings. The van der Waals surface area contributed by atoms with E-state index in [1.807, 2.05) is 30.3 Å². The third-order valence-corrected chi connectivity index (χ3v) is 10.1. The minimum absolute atomic E-state index is 0.0950. The Morgan fingerprint density at radius 3 is 2.29 bits per heavy atom. The number of carbonyl (C=O) groups is 1. The van der Waals surface area contributed by atoms with Crippen LogP contribution < -0.4 is 30.0 Å². The SMILES string of the molecule is COc1ccc(CCN(C)CCCC(C#N)(c2ccc(OC)c(OC)c2)C(C)C)cc1OC.O=C(Cn1c(=O)oc2ccccc21)Nc1ncc([N+](=O)[O-])s1. The second-order valence-electron chi connectivity index (χ2n) is 12.9. The highest BCUT2D eigenvalue weighted by Gasteiger charge is 2.36. The number of oxazole rings is 1. The van der Waals surface area contributed by atoms with Gasteiger partial charge in [-0.15, -0.1) is 0 Å². The van der Waals surface area contributed by atoms with Gasteiger partial charge >= 0.3 is 10.8 Å². The summed E-state index contributed by atoms with van der Waals surface area (Å²) in [6, 6.07) is 21.2. The van der Waals surface area contributed by atoms with Gasteiger partial charge in [-0.2, -0.15) is 5.26 Å². The van der Waals surface area contributed by atoms with Crippen molar-refractivity contribution < 1.29 is 33.1 Å². The lowest BCUT2D eigenvalue weighted by Gasteiger charge is -2.32. The quantitative estimate of drug-likeness (QED) is 0.0781. The first-order valence-electron chi connectivity index (χ1n) is 17.4. The third-order valence-electron chi connectivity index (χ3n) is 9.22. The molecular formula is C39H46N6O9S. The Hall–Kier alpha value is -5.92. The maximum Gasteiger partial charge on any atom is 0.420 e. The van der Waals surface area contributed by atoms with Gasteiger partial charge < -0.3 is 33.6 Å². The number of para-hydroxylation sites is 2. The van der Waals surface area contributed by atoms with E-state index in [9.17, 15) is 25.0 Å². The van der Waals surface area contributed by atoms with E-state index in [0.29, 0.717) is 22.6 Å². The molecule has 0 aliphatic rings. The maximum atomic E-state index is 11.9. The molecule has 1 atom stereocenters. The van der Waals surface area contributed by atoms with Crippen LogP contribution in [0.25, 0.3) is 11.1 Å². The largest absolute Gasteiger partial charge is 0.493 e. The fourth-order valence-electron chi connectivity index (χ4n) is 6.10. The summed E-state index contributed by atoms with van der Waals surface area (Å²) < 4.78 is 27.8. The van der Waals surface area contributed by atoms with E-state index in [1.54, 1.807) is 52.7 Å². The molecule has 0 aliphatic carbocycles. The van der Waals surface area contributed by atoms with Crippen molar-refractivity contribution in [3.05, 3.63) is 98.7 Å². The number of ether oxygens (including phenoxy) is 4. The second-order valence-corrected chi connectivity index (χ2v) is 13.9. The van der Waals surface area contributed by atoms with Gasteiger partial charge in [0.15, 0.2) is 33.7 Å². The monoisotopic (exact) mass is 774 g/mol. The number of hydrogen-bond acceptors (Lipinski definition) is 13. The molecule has 0 radical (unpaired) electrons. The molecule has 1 N–H and O–H groups in total. The molecule has 292 valence electrons. The summed E-state index contributed by atoms with van der Waals surface area (Å²) in [5, 5.41) is 23.1. The first-order chi connectivity index (χ1) is 26.4.